The molecular formula is C23H24FN7O3. The maximum Gasteiger partial charge on any atom is 0.182 e. The number of benzene rings is 1. The molecule has 1 aliphatic rings. The van der Waals surface area contributed by atoms with Gasteiger partial charge in [-0.05, 0) is 31.9 Å². The van der Waals surface area contributed by atoms with Gasteiger partial charge in [-0.1, -0.05) is 23.4 Å². The summed E-state index contributed by atoms with van der Waals surface area (Å²) in [5, 5.41) is 22.1. The van der Waals surface area contributed by atoms with Crippen LogP contribution in [0.2, 0.25) is 0 Å². The van der Waals surface area contributed by atoms with Crippen molar-refractivity contribution in [3.63, 3.8) is 0 Å². The SMILES string of the molecule is CC1(C(O)Nc2cnc(-c3cc(-c4ccon4)n(Cc4ccccc4F)n3)nc2N)CCCO1. The highest BCUT2D eigenvalue weighted by Gasteiger charge is 2.38. The van der Waals surface area contributed by atoms with E-state index in [0.29, 0.717) is 34.9 Å². The van der Waals surface area contributed by atoms with Crippen molar-refractivity contribution in [2.75, 3.05) is 17.7 Å². The number of nitrogens with one attached hydrogen (secondary N) is 1. The molecule has 0 saturated carbocycles. The van der Waals surface area contributed by atoms with Gasteiger partial charge in [-0.25, -0.2) is 14.4 Å². The number of nitrogens with zero attached hydrogens (tertiary/aromatic N) is 5. The van der Waals surface area contributed by atoms with Crippen molar-refractivity contribution in [1.82, 2.24) is 24.9 Å². The summed E-state index contributed by atoms with van der Waals surface area (Å²) in [6, 6.07) is 9.92. The van der Waals surface area contributed by atoms with Gasteiger partial charge in [0.25, 0.3) is 0 Å². The van der Waals surface area contributed by atoms with Gasteiger partial charge >= 0.3 is 0 Å². The maximum absolute atomic E-state index is 14.3. The highest BCUT2D eigenvalue weighted by Crippen LogP contribution is 2.31. The van der Waals surface area contributed by atoms with Gasteiger partial charge in [0.1, 0.15) is 29.1 Å². The molecule has 4 aromatic rings. The molecule has 34 heavy (non-hydrogen) atoms. The molecule has 0 amide bonds. The molecular weight excluding hydrogens is 441 g/mol. The predicted molar refractivity (Wildman–Crippen MR) is 122 cm³/mol. The third kappa shape index (κ3) is 4.22. The first-order valence-corrected chi connectivity index (χ1v) is 10.9. The topological polar surface area (TPSA) is 137 Å². The lowest BCUT2D eigenvalue weighted by molar-refractivity contribution is -0.0649. The molecule has 4 N–H and O–H groups in total. The number of aromatic nitrogens is 5. The Morgan fingerprint density at radius 1 is 1.29 bits per heavy atom. The first-order chi connectivity index (χ1) is 16.4. The molecule has 10 nitrogen and oxygen atoms in total. The highest BCUT2D eigenvalue weighted by atomic mass is 19.1. The molecule has 3 aromatic heterocycles. The number of aliphatic hydroxyl groups is 1. The summed E-state index contributed by atoms with van der Waals surface area (Å²) in [5.74, 6) is 0.0928. The Hall–Kier alpha value is -3.83. The number of nitrogen functional groups attached to an aromatic ring is 1. The normalized spacial score (nSPS) is 18.8. The van der Waals surface area contributed by atoms with Crippen LogP contribution in [0.1, 0.15) is 25.3 Å². The lowest BCUT2D eigenvalue weighted by Crippen LogP contribution is -2.44. The van der Waals surface area contributed by atoms with Crippen molar-refractivity contribution in [1.29, 1.82) is 0 Å². The lowest BCUT2D eigenvalue weighted by atomic mass is 10.0. The third-order valence-corrected chi connectivity index (χ3v) is 5.93. The molecule has 176 valence electrons. The van der Waals surface area contributed by atoms with Gasteiger partial charge in [0.15, 0.2) is 17.9 Å². The second-order valence-electron chi connectivity index (χ2n) is 8.35. The summed E-state index contributed by atoms with van der Waals surface area (Å²) >= 11 is 0. The number of nitrogens with two attached hydrogens (primary N) is 1. The number of anilines is 2. The van der Waals surface area contributed by atoms with Crippen molar-refractivity contribution in [3.8, 4) is 22.9 Å². The molecule has 2 unspecified atom stereocenters. The molecule has 0 spiro atoms. The highest BCUT2D eigenvalue weighted by molar-refractivity contribution is 5.67. The summed E-state index contributed by atoms with van der Waals surface area (Å²) in [5.41, 5.74) is 7.88. The van der Waals surface area contributed by atoms with E-state index in [1.54, 1.807) is 35.0 Å². The van der Waals surface area contributed by atoms with Gasteiger partial charge in [-0.15, -0.1) is 0 Å². The monoisotopic (exact) mass is 465 g/mol. The van der Waals surface area contributed by atoms with Crippen LogP contribution in [0.5, 0.6) is 0 Å². The van der Waals surface area contributed by atoms with E-state index in [2.05, 4.69) is 25.5 Å². The molecule has 11 heteroatoms. The number of rotatable bonds is 7. The Labute approximate surface area is 194 Å². The summed E-state index contributed by atoms with van der Waals surface area (Å²) in [6.45, 7) is 2.62. The number of hydrogen-bond donors (Lipinski definition) is 3. The largest absolute Gasteiger partial charge is 0.382 e. The van der Waals surface area contributed by atoms with Crippen LogP contribution >= 0.6 is 0 Å². The van der Waals surface area contributed by atoms with Gasteiger partial charge in [-0.2, -0.15) is 5.10 Å². The molecule has 1 fully saturated rings. The van der Waals surface area contributed by atoms with Gasteiger partial charge < -0.3 is 25.4 Å². The van der Waals surface area contributed by atoms with Crippen LogP contribution in [-0.4, -0.2) is 48.4 Å². The summed E-state index contributed by atoms with van der Waals surface area (Å²) in [6.07, 6.45) is 3.58. The van der Waals surface area contributed by atoms with Gasteiger partial charge in [-0.3, -0.25) is 4.68 Å². The van der Waals surface area contributed by atoms with E-state index in [1.165, 1.54) is 18.5 Å². The third-order valence-electron chi connectivity index (χ3n) is 5.93. The summed E-state index contributed by atoms with van der Waals surface area (Å²) < 4.78 is 26.5. The molecule has 0 bridgehead atoms. The molecule has 1 aromatic carbocycles. The Morgan fingerprint density at radius 3 is 2.85 bits per heavy atom. The standard InChI is InChI=1S/C23H24FN7O3/c1-23(8-4-9-33-23)22(32)27-18-12-26-21(28-20(18)25)17-11-19(16-7-10-34-30-16)31(29-17)13-14-5-2-3-6-15(14)24/h2-3,5-7,10-12,22,27,32H,4,8-9,13H2,1H3,(H2,25,26,28). The van der Waals surface area contributed by atoms with Crippen LogP contribution in [0.3, 0.4) is 0 Å². The van der Waals surface area contributed by atoms with Crippen LogP contribution in [0, 0.1) is 5.82 Å². The van der Waals surface area contributed by atoms with E-state index < -0.39 is 11.8 Å². The van der Waals surface area contributed by atoms with Gasteiger partial charge in [0, 0.05) is 18.2 Å². The average Bonchev–Trinajstić information content (AvgIpc) is 3.58. The minimum absolute atomic E-state index is 0.150. The summed E-state index contributed by atoms with van der Waals surface area (Å²) in [4.78, 5) is 8.74. The van der Waals surface area contributed by atoms with Crippen molar-refractivity contribution in [2.24, 2.45) is 0 Å². The van der Waals surface area contributed by atoms with Crippen molar-refractivity contribution in [3.05, 3.63) is 60.2 Å². The Kier molecular flexibility index (Phi) is 5.72. The van der Waals surface area contributed by atoms with Gasteiger partial charge in [0.05, 0.1) is 24.1 Å². The molecule has 0 radical (unpaired) electrons. The van der Waals surface area contributed by atoms with Crippen LogP contribution in [0.25, 0.3) is 22.9 Å². The van der Waals surface area contributed by atoms with Crippen molar-refractivity contribution in [2.45, 2.75) is 38.1 Å². The number of aliphatic hydroxyl groups excluding tert-OH is 1. The zero-order valence-corrected chi connectivity index (χ0v) is 18.5. The molecule has 4 heterocycles. The Bertz CT molecular complexity index is 1290. The summed E-state index contributed by atoms with van der Waals surface area (Å²) in [7, 11) is 0. The Balaban J connectivity index is 1.44. The van der Waals surface area contributed by atoms with Crippen LogP contribution < -0.4 is 11.1 Å². The van der Waals surface area contributed by atoms with E-state index in [4.69, 9.17) is 15.0 Å². The molecule has 5 rings (SSSR count). The number of hydrogen-bond acceptors (Lipinski definition) is 9. The second-order valence-corrected chi connectivity index (χ2v) is 8.35. The molecule has 0 aliphatic carbocycles. The van der Waals surface area contributed by atoms with E-state index in [9.17, 15) is 9.50 Å². The van der Waals surface area contributed by atoms with Crippen LogP contribution in [0.15, 0.2) is 53.4 Å². The van der Waals surface area contributed by atoms with E-state index in [-0.39, 0.29) is 24.0 Å². The van der Waals surface area contributed by atoms with Crippen LogP contribution in [-0.2, 0) is 11.3 Å². The smallest absolute Gasteiger partial charge is 0.182 e. The van der Waals surface area contributed by atoms with Gasteiger partial charge in [0.2, 0.25) is 0 Å². The lowest BCUT2D eigenvalue weighted by Gasteiger charge is -2.30. The fourth-order valence-corrected chi connectivity index (χ4v) is 3.93. The Morgan fingerprint density at radius 2 is 2.15 bits per heavy atom. The fraction of sp³-hybridized carbons (Fsp3) is 0.304. The first-order valence-electron chi connectivity index (χ1n) is 10.9. The molecule has 1 saturated heterocycles. The average molecular weight is 465 g/mol. The fourth-order valence-electron chi connectivity index (χ4n) is 3.93. The maximum atomic E-state index is 14.3. The second kappa shape index (κ2) is 8.84. The first kappa shape index (κ1) is 22.0. The minimum Gasteiger partial charge on any atom is -0.382 e. The van der Waals surface area contributed by atoms with E-state index >= 15 is 0 Å². The molecule has 2 atom stereocenters. The van der Waals surface area contributed by atoms with Crippen molar-refractivity contribution >= 4 is 11.5 Å². The quantitative estimate of drug-likeness (QED) is 0.352. The predicted octanol–water partition coefficient (Wildman–Crippen LogP) is 3.06. The number of ether oxygens (including phenoxy) is 1. The minimum atomic E-state index is -0.967. The van der Waals surface area contributed by atoms with Crippen LogP contribution in [0.4, 0.5) is 15.9 Å². The van der Waals surface area contributed by atoms with E-state index in [1.807, 2.05) is 6.92 Å². The zero-order chi connectivity index (χ0) is 23.7. The number of halogens is 1. The molecule has 1 aliphatic heterocycles. The zero-order valence-electron chi connectivity index (χ0n) is 18.5. The van der Waals surface area contributed by atoms with E-state index in [0.717, 1.165) is 12.8 Å². The van der Waals surface area contributed by atoms with Crippen molar-refractivity contribution < 1.29 is 18.8 Å².